The van der Waals surface area contributed by atoms with E-state index in [1.54, 1.807) is 0 Å². The lowest BCUT2D eigenvalue weighted by Gasteiger charge is -2.07. The van der Waals surface area contributed by atoms with E-state index < -0.39 is 11.7 Å². The van der Waals surface area contributed by atoms with Gasteiger partial charge in [-0.1, -0.05) is 0 Å². The highest BCUT2D eigenvalue weighted by Gasteiger charge is 2.29. The first-order chi connectivity index (χ1) is 6.04. The van der Waals surface area contributed by atoms with Crippen LogP contribution in [0, 0.1) is 0 Å². The van der Waals surface area contributed by atoms with Gasteiger partial charge in [0.15, 0.2) is 0 Å². The van der Waals surface area contributed by atoms with Crippen LogP contribution in [0.2, 0.25) is 0 Å². The number of hydrogen-bond donors (Lipinski definition) is 1. The number of hydrogen-bond acceptors (Lipinski definition) is 1. The lowest BCUT2D eigenvalue weighted by molar-refractivity contribution is -0.137. The van der Waals surface area contributed by atoms with Crippen molar-refractivity contribution in [1.82, 2.24) is 0 Å². The average molecular weight is 317 g/mol. The zero-order valence-electron chi connectivity index (χ0n) is 7.56. The maximum absolute atomic E-state index is 12.1. The molecular formula is C9H11F3IN. The lowest BCUT2D eigenvalue weighted by atomic mass is 10.2. The summed E-state index contributed by atoms with van der Waals surface area (Å²) in [5.74, 6) is 0. The van der Waals surface area contributed by atoms with Crippen molar-refractivity contribution >= 4 is 29.7 Å². The van der Waals surface area contributed by atoms with Crippen LogP contribution in [0.3, 0.4) is 0 Å². The monoisotopic (exact) mass is 317 g/mol. The number of halogens is 4. The largest absolute Gasteiger partial charge is 0.416 e. The van der Waals surface area contributed by atoms with E-state index in [4.69, 9.17) is 0 Å². The molecule has 0 aliphatic rings. The van der Waals surface area contributed by atoms with E-state index in [2.05, 4.69) is 5.32 Å². The smallest absolute Gasteiger partial charge is 0.385 e. The van der Waals surface area contributed by atoms with Gasteiger partial charge >= 0.3 is 6.18 Å². The van der Waals surface area contributed by atoms with Gasteiger partial charge in [0.1, 0.15) is 0 Å². The van der Waals surface area contributed by atoms with Crippen LogP contribution >= 0.6 is 24.0 Å². The zero-order chi connectivity index (χ0) is 9.90. The first kappa shape index (κ1) is 13.5. The van der Waals surface area contributed by atoms with E-state index in [-0.39, 0.29) is 24.0 Å². The fraction of sp³-hybridized carbons (Fsp3) is 0.333. The molecule has 0 aromatic heterocycles. The van der Waals surface area contributed by atoms with E-state index in [1.165, 1.54) is 12.1 Å². The van der Waals surface area contributed by atoms with Crippen LogP contribution in [0.25, 0.3) is 0 Å². The maximum atomic E-state index is 12.1. The van der Waals surface area contributed by atoms with Crippen molar-refractivity contribution in [2.45, 2.75) is 13.1 Å². The van der Waals surface area contributed by atoms with E-state index in [1.807, 2.05) is 6.92 Å². The molecular weight excluding hydrogens is 306 g/mol. The van der Waals surface area contributed by atoms with Crippen LogP contribution in [0.15, 0.2) is 24.3 Å². The Morgan fingerprint density at radius 1 is 1.14 bits per heavy atom. The van der Waals surface area contributed by atoms with Gasteiger partial charge < -0.3 is 5.32 Å². The minimum atomic E-state index is -4.25. The summed E-state index contributed by atoms with van der Waals surface area (Å²) in [6.45, 7) is 2.59. The van der Waals surface area contributed by atoms with Crippen molar-refractivity contribution < 1.29 is 13.2 Å². The molecule has 0 radical (unpaired) electrons. The molecule has 0 aliphatic carbocycles. The molecule has 1 aromatic rings. The fourth-order valence-electron chi connectivity index (χ4n) is 0.981. The first-order valence-corrected chi connectivity index (χ1v) is 3.95. The molecule has 0 spiro atoms. The summed E-state index contributed by atoms with van der Waals surface area (Å²) in [7, 11) is 0. The number of benzene rings is 1. The van der Waals surface area contributed by atoms with Gasteiger partial charge in [0.25, 0.3) is 0 Å². The molecule has 0 atom stereocenters. The van der Waals surface area contributed by atoms with Gasteiger partial charge in [-0.05, 0) is 31.2 Å². The Hall–Kier alpha value is -0.460. The third-order valence-corrected chi connectivity index (χ3v) is 1.59. The van der Waals surface area contributed by atoms with E-state index in [9.17, 15) is 13.2 Å². The second kappa shape index (κ2) is 5.43. The normalized spacial score (nSPS) is 10.6. The second-order valence-electron chi connectivity index (χ2n) is 2.61. The summed E-state index contributed by atoms with van der Waals surface area (Å²) in [4.78, 5) is 0. The molecule has 80 valence electrons. The fourth-order valence-corrected chi connectivity index (χ4v) is 0.981. The van der Waals surface area contributed by atoms with Crippen molar-refractivity contribution in [1.29, 1.82) is 0 Å². The van der Waals surface area contributed by atoms with Gasteiger partial charge in [0.2, 0.25) is 0 Å². The highest BCUT2D eigenvalue weighted by molar-refractivity contribution is 14.0. The molecule has 0 fully saturated rings. The number of anilines is 1. The van der Waals surface area contributed by atoms with Crippen LogP contribution in [0.5, 0.6) is 0 Å². The summed E-state index contributed by atoms with van der Waals surface area (Å²) >= 11 is 0. The summed E-state index contributed by atoms with van der Waals surface area (Å²) in [5, 5.41) is 2.92. The molecule has 1 nitrogen and oxygen atoms in total. The Morgan fingerprint density at radius 2 is 1.64 bits per heavy atom. The summed E-state index contributed by atoms with van der Waals surface area (Å²) in [6.07, 6.45) is -4.25. The van der Waals surface area contributed by atoms with Crippen molar-refractivity contribution in [3.05, 3.63) is 29.8 Å². The zero-order valence-corrected chi connectivity index (χ0v) is 9.89. The molecule has 0 amide bonds. The number of nitrogens with one attached hydrogen (secondary N) is 1. The molecule has 0 aliphatic heterocycles. The Balaban J connectivity index is 0.00000169. The topological polar surface area (TPSA) is 12.0 Å². The van der Waals surface area contributed by atoms with E-state index in [0.29, 0.717) is 12.2 Å². The van der Waals surface area contributed by atoms with Crippen molar-refractivity contribution in [3.8, 4) is 0 Å². The Kier molecular flexibility index (Phi) is 5.25. The van der Waals surface area contributed by atoms with Crippen molar-refractivity contribution in [2.75, 3.05) is 11.9 Å². The highest BCUT2D eigenvalue weighted by atomic mass is 127. The van der Waals surface area contributed by atoms with Gasteiger partial charge in [-0.2, -0.15) is 13.2 Å². The quantitative estimate of drug-likeness (QED) is 0.819. The van der Waals surface area contributed by atoms with Crippen molar-refractivity contribution in [3.63, 3.8) is 0 Å². The summed E-state index contributed by atoms with van der Waals surface area (Å²) < 4.78 is 36.3. The van der Waals surface area contributed by atoms with Crippen LogP contribution in [-0.2, 0) is 6.18 Å². The first-order valence-electron chi connectivity index (χ1n) is 3.95. The Labute approximate surface area is 97.7 Å². The molecule has 0 bridgehead atoms. The predicted molar refractivity (Wildman–Crippen MR) is 61.0 cm³/mol. The van der Waals surface area contributed by atoms with Gasteiger partial charge in [-0.3, -0.25) is 0 Å². The summed E-state index contributed by atoms with van der Waals surface area (Å²) in [6, 6.07) is 4.98. The Morgan fingerprint density at radius 3 is 2.00 bits per heavy atom. The maximum Gasteiger partial charge on any atom is 0.416 e. The molecule has 0 unspecified atom stereocenters. The average Bonchev–Trinajstić information content (AvgIpc) is 2.04. The minimum Gasteiger partial charge on any atom is -0.385 e. The van der Waals surface area contributed by atoms with Crippen LogP contribution in [0.4, 0.5) is 18.9 Å². The van der Waals surface area contributed by atoms with Crippen molar-refractivity contribution in [2.24, 2.45) is 0 Å². The predicted octanol–water partition coefficient (Wildman–Crippen LogP) is 3.76. The van der Waals surface area contributed by atoms with Gasteiger partial charge in [-0.15, -0.1) is 24.0 Å². The second-order valence-corrected chi connectivity index (χ2v) is 2.61. The standard InChI is InChI=1S/C9H10F3N.HI/c1-2-13-8-5-3-7(4-6-8)9(10,11)12;/h3-6,13H,2H2,1H3;1H. The molecule has 5 heteroatoms. The molecule has 14 heavy (non-hydrogen) atoms. The lowest BCUT2D eigenvalue weighted by Crippen LogP contribution is -2.05. The third kappa shape index (κ3) is 3.73. The molecule has 0 saturated carbocycles. The van der Waals surface area contributed by atoms with Crippen LogP contribution in [-0.4, -0.2) is 6.54 Å². The van der Waals surface area contributed by atoms with Gasteiger partial charge in [0, 0.05) is 12.2 Å². The molecule has 0 heterocycles. The molecule has 1 rings (SSSR count). The highest BCUT2D eigenvalue weighted by Crippen LogP contribution is 2.29. The minimum absolute atomic E-state index is 0. The third-order valence-electron chi connectivity index (χ3n) is 1.59. The molecule has 0 saturated heterocycles. The number of alkyl halides is 3. The molecule has 1 N–H and O–H groups in total. The summed E-state index contributed by atoms with van der Waals surface area (Å²) in [5.41, 5.74) is 0.0876. The van der Waals surface area contributed by atoms with E-state index >= 15 is 0 Å². The van der Waals surface area contributed by atoms with Gasteiger partial charge in [0.05, 0.1) is 5.56 Å². The van der Waals surface area contributed by atoms with Gasteiger partial charge in [-0.25, -0.2) is 0 Å². The Bertz CT molecular complexity index is 268. The van der Waals surface area contributed by atoms with E-state index in [0.717, 1.165) is 12.1 Å². The SMILES string of the molecule is CCNc1ccc(C(F)(F)F)cc1.I. The number of rotatable bonds is 2. The van der Waals surface area contributed by atoms with Crippen LogP contribution < -0.4 is 5.32 Å². The molecule has 1 aromatic carbocycles. The van der Waals surface area contributed by atoms with Crippen LogP contribution in [0.1, 0.15) is 12.5 Å².